The first kappa shape index (κ1) is 47.8. The molecule has 320 valence electrons. The summed E-state index contributed by atoms with van der Waals surface area (Å²) in [7, 11) is 0. The maximum atomic E-state index is 8.41. The van der Waals surface area contributed by atoms with Crippen LogP contribution in [0.5, 0.6) is 0 Å². The van der Waals surface area contributed by atoms with Gasteiger partial charge < -0.3 is 0 Å². The zero-order chi connectivity index (χ0) is 45.7. The van der Waals surface area contributed by atoms with E-state index in [9.17, 15) is 0 Å². The quantitative estimate of drug-likeness (QED) is 0.173. The average Bonchev–Trinajstić information content (AvgIpc) is 3.74. The van der Waals surface area contributed by atoms with Gasteiger partial charge in [-0.3, -0.25) is 0 Å². The van der Waals surface area contributed by atoms with Gasteiger partial charge in [0, 0.05) is 20.4 Å². The largest absolute Gasteiger partial charge is 0.192 e. The Morgan fingerprint density at radius 2 is 1.29 bits per heavy atom. The summed E-state index contributed by atoms with van der Waals surface area (Å²) in [6, 6.07) is 53.3. The standard InChI is InChI=1S/C21H20.C16H18S.C9H12.C8H7N.C7H8/c1-13-9-10-17-18(11-13)21(3,4)19-12-14(2)15-7-5-6-8-16(15)20(17)19;1-5-7-13-14-10-12(11(3)4)8-9-16(14)17-15(13)6-2;1-3-9-6-4-5-8(2)7-9;1-7-3-2-4-8(5-7)6-9;1-7-5-3-2-4-6-7/h5-12H,1-4H3;5-11H,2H2,1,3-4H3;4-7H,3H2,1-2H3;2-5H,1H3;2-6H,1H3/b;7-5-;;;. The summed E-state index contributed by atoms with van der Waals surface area (Å²) in [5, 5.41) is 12.5. The van der Waals surface area contributed by atoms with Gasteiger partial charge in [0.25, 0.3) is 0 Å². The molecule has 0 spiro atoms. The van der Waals surface area contributed by atoms with Crippen molar-refractivity contribution < 1.29 is 0 Å². The molecule has 0 unspecified atom stereocenters. The second kappa shape index (κ2) is 22.2. The van der Waals surface area contributed by atoms with Crippen LogP contribution in [0.3, 0.4) is 0 Å². The van der Waals surface area contributed by atoms with E-state index in [1.165, 1.54) is 86.9 Å². The molecule has 0 saturated carbocycles. The van der Waals surface area contributed by atoms with Gasteiger partial charge in [-0.25, -0.2) is 0 Å². The van der Waals surface area contributed by atoms with E-state index in [1.54, 1.807) is 6.07 Å². The molecule has 1 aromatic heterocycles. The minimum atomic E-state index is 0.0888. The van der Waals surface area contributed by atoms with Gasteiger partial charge in [0.2, 0.25) is 0 Å². The van der Waals surface area contributed by atoms with Crippen molar-refractivity contribution in [3.63, 3.8) is 0 Å². The number of nitriles is 1. The molecule has 0 bridgehead atoms. The van der Waals surface area contributed by atoms with Crippen LogP contribution >= 0.6 is 11.3 Å². The van der Waals surface area contributed by atoms with Crippen LogP contribution in [0.25, 0.3) is 44.1 Å². The van der Waals surface area contributed by atoms with Gasteiger partial charge in [0.05, 0.1) is 11.6 Å². The molecule has 1 nitrogen and oxygen atoms in total. The Morgan fingerprint density at radius 1 is 0.651 bits per heavy atom. The van der Waals surface area contributed by atoms with Crippen LogP contribution in [-0.2, 0) is 11.8 Å². The summed E-state index contributed by atoms with van der Waals surface area (Å²) in [5.74, 6) is 0.574. The molecule has 1 aliphatic rings. The van der Waals surface area contributed by atoms with Crippen LogP contribution in [0.2, 0.25) is 0 Å². The lowest BCUT2D eigenvalue weighted by Gasteiger charge is -2.22. The Bertz CT molecular complexity index is 2860. The monoisotopic (exact) mass is 843 g/mol. The fourth-order valence-electron chi connectivity index (χ4n) is 8.06. The number of hydrogen-bond acceptors (Lipinski definition) is 2. The van der Waals surface area contributed by atoms with Gasteiger partial charge in [-0.2, -0.15) is 5.26 Å². The SMILES string of the molecule is C=Cc1sc2ccc(C(C)C)cc2c1/C=C\C.CCc1cccc(C)c1.Cc1ccc2c(c1)C(C)(C)c1cc(C)c3ccccc3c1-2.Cc1cccc(C#N)c1.Cc1ccccc1. The van der Waals surface area contributed by atoms with Gasteiger partial charge in [0.1, 0.15) is 0 Å². The van der Waals surface area contributed by atoms with E-state index in [0.29, 0.717) is 5.92 Å². The molecular weight excluding hydrogens is 779 g/mol. The number of thiophene rings is 1. The summed E-state index contributed by atoms with van der Waals surface area (Å²) >= 11 is 1.81. The highest BCUT2D eigenvalue weighted by Crippen LogP contribution is 2.52. The van der Waals surface area contributed by atoms with E-state index < -0.39 is 0 Å². The number of nitrogens with zero attached hydrogens (tertiary/aromatic N) is 1. The number of benzene rings is 7. The summed E-state index contributed by atoms with van der Waals surface area (Å²) < 4.78 is 1.34. The molecule has 0 N–H and O–H groups in total. The average molecular weight is 844 g/mol. The van der Waals surface area contributed by atoms with Crippen molar-refractivity contribution in [2.45, 2.75) is 93.9 Å². The first-order chi connectivity index (χ1) is 30.2. The number of hydrogen-bond donors (Lipinski definition) is 0. The van der Waals surface area contributed by atoms with Crippen LogP contribution in [0.1, 0.15) is 114 Å². The Hall–Kier alpha value is -6.27. The number of rotatable bonds is 4. The Labute approximate surface area is 383 Å². The lowest BCUT2D eigenvalue weighted by molar-refractivity contribution is 0.659. The van der Waals surface area contributed by atoms with E-state index in [4.69, 9.17) is 5.26 Å². The molecule has 9 rings (SSSR count). The van der Waals surface area contributed by atoms with E-state index in [2.05, 4.69) is 197 Å². The minimum absolute atomic E-state index is 0.0888. The van der Waals surface area contributed by atoms with Crippen LogP contribution in [0, 0.1) is 45.9 Å². The lowest BCUT2D eigenvalue weighted by atomic mass is 9.81. The fraction of sp³-hybridized carbons (Fsp3) is 0.230. The smallest absolute Gasteiger partial charge is 0.0991 e. The molecule has 7 aromatic carbocycles. The normalized spacial score (nSPS) is 11.7. The first-order valence-electron chi connectivity index (χ1n) is 22.2. The first-order valence-corrected chi connectivity index (χ1v) is 23.0. The van der Waals surface area contributed by atoms with Crippen molar-refractivity contribution in [2.75, 3.05) is 0 Å². The molecule has 0 radical (unpaired) electrons. The molecule has 2 heteroatoms. The molecular formula is C61H65NS. The third-order valence-electron chi connectivity index (χ3n) is 11.6. The highest BCUT2D eigenvalue weighted by Gasteiger charge is 2.36. The molecule has 1 aliphatic carbocycles. The Morgan fingerprint density at radius 3 is 1.84 bits per heavy atom. The number of aryl methyl sites for hydroxylation is 6. The number of allylic oxidation sites excluding steroid dienone is 1. The Balaban J connectivity index is 0.000000159. The molecule has 0 atom stereocenters. The van der Waals surface area contributed by atoms with Gasteiger partial charge in [-0.15, -0.1) is 11.3 Å². The van der Waals surface area contributed by atoms with Crippen LogP contribution in [0.4, 0.5) is 0 Å². The molecule has 0 fully saturated rings. The van der Waals surface area contributed by atoms with Crippen LogP contribution in [-0.4, -0.2) is 0 Å². The van der Waals surface area contributed by atoms with Crippen LogP contribution in [0.15, 0.2) is 158 Å². The second-order valence-corrected chi connectivity index (χ2v) is 18.4. The predicted molar refractivity (Wildman–Crippen MR) is 279 cm³/mol. The molecule has 0 saturated heterocycles. The summed E-state index contributed by atoms with van der Waals surface area (Å²) in [6.07, 6.45) is 7.37. The molecule has 0 amide bonds. The summed E-state index contributed by atoms with van der Waals surface area (Å²) in [5.41, 5.74) is 17.3. The molecule has 0 aliphatic heterocycles. The maximum absolute atomic E-state index is 8.41. The fourth-order valence-corrected chi connectivity index (χ4v) is 9.08. The van der Waals surface area contributed by atoms with E-state index in [0.717, 1.165) is 17.5 Å². The van der Waals surface area contributed by atoms with Crippen LogP contribution < -0.4 is 0 Å². The molecule has 63 heavy (non-hydrogen) atoms. The van der Waals surface area contributed by atoms with Gasteiger partial charge in [0.15, 0.2) is 0 Å². The van der Waals surface area contributed by atoms with E-state index >= 15 is 0 Å². The third-order valence-corrected chi connectivity index (χ3v) is 12.8. The summed E-state index contributed by atoms with van der Waals surface area (Å²) in [4.78, 5) is 1.26. The Kier molecular flexibility index (Phi) is 16.8. The second-order valence-electron chi connectivity index (χ2n) is 17.3. The van der Waals surface area contributed by atoms with E-state index in [1.807, 2.05) is 60.7 Å². The maximum Gasteiger partial charge on any atom is 0.0991 e. The predicted octanol–water partition coefficient (Wildman–Crippen LogP) is 17.9. The lowest BCUT2D eigenvalue weighted by Crippen LogP contribution is -2.15. The van der Waals surface area contributed by atoms with Crippen molar-refractivity contribution in [3.05, 3.63) is 224 Å². The molecule has 8 aromatic rings. The van der Waals surface area contributed by atoms with E-state index in [-0.39, 0.29) is 5.41 Å². The molecule has 1 heterocycles. The summed E-state index contributed by atoms with van der Waals surface area (Å²) in [6.45, 7) is 27.9. The minimum Gasteiger partial charge on any atom is -0.192 e. The van der Waals surface area contributed by atoms with Crippen molar-refractivity contribution in [1.82, 2.24) is 0 Å². The van der Waals surface area contributed by atoms with Crippen molar-refractivity contribution in [2.24, 2.45) is 0 Å². The zero-order valence-corrected chi connectivity index (χ0v) is 40.3. The topological polar surface area (TPSA) is 23.8 Å². The van der Waals surface area contributed by atoms with Gasteiger partial charge in [-0.05, 0) is 139 Å². The highest BCUT2D eigenvalue weighted by atomic mass is 32.1. The third kappa shape index (κ3) is 12.0. The van der Waals surface area contributed by atoms with Crippen molar-refractivity contribution in [1.29, 1.82) is 5.26 Å². The zero-order valence-electron chi connectivity index (χ0n) is 39.4. The van der Waals surface area contributed by atoms with Gasteiger partial charge in [-0.1, -0.05) is 197 Å². The highest BCUT2D eigenvalue weighted by molar-refractivity contribution is 7.20. The van der Waals surface area contributed by atoms with Gasteiger partial charge >= 0.3 is 0 Å². The van der Waals surface area contributed by atoms with Crippen molar-refractivity contribution in [3.8, 4) is 17.2 Å². The van der Waals surface area contributed by atoms with Crippen molar-refractivity contribution >= 4 is 44.3 Å². The number of fused-ring (bicyclic) bond motifs is 6.